The molecule has 1 unspecified atom stereocenters. The molecule has 0 radical (unpaired) electrons. The van der Waals surface area contributed by atoms with Gasteiger partial charge in [0.1, 0.15) is 0 Å². The van der Waals surface area contributed by atoms with Crippen molar-refractivity contribution in [3.63, 3.8) is 0 Å². The molecule has 0 bridgehead atoms. The van der Waals surface area contributed by atoms with Gasteiger partial charge in [-0.15, -0.1) is 5.10 Å². The summed E-state index contributed by atoms with van der Waals surface area (Å²) in [5, 5.41) is 16.0. The molecule has 0 amide bonds. The third-order valence-electron chi connectivity index (χ3n) is 2.82. The van der Waals surface area contributed by atoms with Crippen LogP contribution < -0.4 is 5.32 Å². The Balaban J connectivity index is 2.19. The number of aromatic nitrogens is 3. The van der Waals surface area contributed by atoms with E-state index in [2.05, 4.69) is 55.3 Å². The first-order chi connectivity index (χ1) is 8.72. The fraction of sp³-hybridized carbons (Fsp3) is 0.500. The highest BCUT2D eigenvalue weighted by atomic mass is 79.9. The number of nitrogens with zero attached hydrogens (tertiary/aromatic N) is 3. The number of halogens is 1. The molecule has 1 atom stereocenters. The van der Waals surface area contributed by atoms with Crippen LogP contribution in [0.25, 0.3) is 0 Å². The van der Waals surface area contributed by atoms with Crippen LogP contribution in [-0.2, 0) is 13.5 Å². The molecule has 0 saturated carbocycles. The van der Waals surface area contributed by atoms with E-state index in [0.29, 0.717) is 0 Å². The maximum Gasteiger partial charge on any atom is 0.153 e. The van der Waals surface area contributed by atoms with E-state index in [1.54, 1.807) is 11.3 Å². The second kappa shape index (κ2) is 6.45. The summed E-state index contributed by atoms with van der Waals surface area (Å²) in [6, 6.07) is 2.41. The van der Waals surface area contributed by atoms with Crippen LogP contribution in [0.3, 0.4) is 0 Å². The van der Waals surface area contributed by atoms with E-state index in [0.717, 1.165) is 29.7 Å². The van der Waals surface area contributed by atoms with E-state index in [4.69, 9.17) is 0 Å². The Labute approximate surface area is 120 Å². The molecule has 0 spiro atoms. The third-order valence-corrected chi connectivity index (χ3v) is 4.11. The van der Waals surface area contributed by atoms with Crippen molar-refractivity contribution in [2.24, 2.45) is 7.05 Å². The Morgan fingerprint density at radius 3 is 2.94 bits per heavy atom. The molecular weight excluding hydrogens is 312 g/mol. The van der Waals surface area contributed by atoms with Crippen LogP contribution in [0.2, 0.25) is 0 Å². The zero-order valence-electron chi connectivity index (χ0n) is 10.6. The van der Waals surface area contributed by atoms with Gasteiger partial charge in [-0.1, -0.05) is 12.1 Å². The Hall–Kier alpha value is -0.720. The van der Waals surface area contributed by atoms with Crippen molar-refractivity contribution < 1.29 is 0 Å². The minimum atomic E-state index is 0.244. The van der Waals surface area contributed by atoms with Gasteiger partial charge in [-0.2, -0.15) is 11.3 Å². The van der Waals surface area contributed by atoms with Crippen molar-refractivity contribution in [2.75, 3.05) is 6.54 Å². The van der Waals surface area contributed by atoms with Gasteiger partial charge in [-0.3, -0.25) is 0 Å². The van der Waals surface area contributed by atoms with E-state index >= 15 is 0 Å². The molecule has 0 aliphatic rings. The molecule has 4 nitrogen and oxygen atoms in total. The average Bonchev–Trinajstić information content (AvgIpc) is 2.96. The molecule has 0 saturated heterocycles. The predicted molar refractivity (Wildman–Crippen MR) is 77.8 cm³/mol. The number of nitrogens with one attached hydrogen (secondary N) is 1. The first-order valence-electron chi connectivity index (χ1n) is 6.02. The number of thiophene rings is 1. The Bertz CT molecular complexity index is 461. The number of hydrogen-bond acceptors (Lipinski definition) is 4. The molecule has 2 aromatic heterocycles. The summed E-state index contributed by atoms with van der Waals surface area (Å²) in [7, 11) is 1.93. The molecule has 98 valence electrons. The summed E-state index contributed by atoms with van der Waals surface area (Å²) in [5.41, 5.74) is 2.45. The lowest BCUT2D eigenvalue weighted by Crippen LogP contribution is -2.26. The van der Waals surface area contributed by atoms with Crippen LogP contribution >= 0.6 is 27.3 Å². The molecule has 1 N–H and O–H groups in total. The standard InChI is InChI=1S/C12H17BrN4S/c1-3-5-14-10(7-9-4-6-18-8-9)11-12(13)15-16-17(11)2/h4,6,8,10,14H,3,5,7H2,1-2H3. The molecule has 18 heavy (non-hydrogen) atoms. The second-order valence-electron chi connectivity index (χ2n) is 4.23. The van der Waals surface area contributed by atoms with Gasteiger partial charge in [0.2, 0.25) is 0 Å². The summed E-state index contributed by atoms with van der Waals surface area (Å²) in [6.07, 6.45) is 2.08. The molecule has 6 heteroatoms. The highest BCUT2D eigenvalue weighted by molar-refractivity contribution is 9.10. The van der Waals surface area contributed by atoms with Gasteiger partial charge in [0, 0.05) is 7.05 Å². The number of hydrogen-bond donors (Lipinski definition) is 1. The van der Waals surface area contributed by atoms with Crippen LogP contribution in [-0.4, -0.2) is 21.5 Å². The van der Waals surface area contributed by atoms with Gasteiger partial charge < -0.3 is 5.32 Å². The Morgan fingerprint density at radius 2 is 2.39 bits per heavy atom. The van der Waals surface area contributed by atoms with Crippen LogP contribution in [0.15, 0.2) is 21.4 Å². The van der Waals surface area contributed by atoms with Crippen molar-refractivity contribution in [3.8, 4) is 0 Å². The summed E-state index contributed by atoms with van der Waals surface area (Å²) in [5.74, 6) is 0. The first kappa shape index (κ1) is 13.7. The van der Waals surface area contributed by atoms with Crippen LogP contribution in [0.1, 0.15) is 30.6 Å². The van der Waals surface area contributed by atoms with Crippen molar-refractivity contribution >= 4 is 27.3 Å². The van der Waals surface area contributed by atoms with Gasteiger partial charge in [-0.25, -0.2) is 4.68 Å². The molecule has 0 aliphatic carbocycles. The Kier molecular flexibility index (Phi) is 4.91. The smallest absolute Gasteiger partial charge is 0.153 e. The van der Waals surface area contributed by atoms with Gasteiger partial charge in [0.15, 0.2) is 4.60 Å². The van der Waals surface area contributed by atoms with Gasteiger partial charge in [0.25, 0.3) is 0 Å². The van der Waals surface area contributed by atoms with Gasteiger partial charge in [0.05, 0.1) is 11.7 Å². The second-order valence-corrected chi connectivity index (χ2v) is 5.76. The van der Waals surface area contributed by atoms with Crippen LogP contribution in [0.4, 0.5) is 0 Å². The number of aryl methyl sites for hydroxylation is 1. The minimum Gasteiger partial charge on any atom is -0.308 e. The maximum atomic E-state index is 4.07. The van der Waals surface area contributed by atoms with Crippen LogP contribution in [0, 0.1) is 0 Å². The quantitative estimate of drug-likeness (QED) is 0.886. The fourth-order valence-electron chi connectivity index (χ4n) is 1.94. The highest BCUT2D eigenvalue weighted by Gasteiger charge is 2.20. The lowest BCUT2D eigenvalue weighted by atomic mass is 10.1. The zero-order valence-corrected chi connectivity index (χ0v) is 13.0. The van der Waals surface area contributed by atoms with Crippen molar-refractivity contribution in [2.45, 2.75) is 25.8 Å². The predicted octanol–water partition coefficient (Wildman–Crippen LogP) is 2.92. The van der Waals surface area contributed by atoms with Gasteiger partial charge in [-0.05, 0) is 57.7 Å². The lowest BCUT2D eigenvalue weighted by Gasteiger charge is -2.18. The third kappa shape index (κ3) is 3.18. The molecular formula is C12H17BrN4S. The highest BCUT2D eigenvalue weighted by Crippen LogP contribution is 2.24. The topological polar surface area (TPSA) is 42.7 Å². The summed E-state index contributed by atoms with van der Waals surface area (Å²) in [6.45, 7) is 3.16. The summed E-state index contributed by atoms with van der Waals surface area (Å²) < 4.78 is 2.66. The van der Waals surface area contributed by atoms with E-state index in [9.17, 15) is 0 Å². The van der Waals surface area contributed by atoms with Crippen molar-refractivity contribution in [3.05, 3.63) is 32.7 Å². The largest absolute Gasteiger partial charge is 0.308 e. The molecule has 0 aliphatic heterocycles. The van der Waals surface area contributed by atoms with Gasteiger partial charge >= 0.3 is 0 Å². The molecule has 2 heterocycles. The maximum absolute atomic E-state index is 4.07. The molecule has 2 aromatic rings. The average molecular weight is 329 g/mol. The number of rotatable bonds is 6. The lowest BCUT2D eigenvalue weighted by molar-refractivity contribution is 0.491. The normalized spacial score (nSPS) is 12.8. The zero-order chi connectivity index (χ0) is 13.0. The first-order valence-corrected chi connectivity index (χ1v) is 7.75. The summed E-state index contributed by atoms with van der Waals surface area (Å²) in [4.78, 5) is 0. The minimum absolute atomic E-state index is 0.244. The van der Waals surface area contributed by atoms with E-state index in [1.165, 1.54) is 5.56 Å². The van der Waals surface area contributed by atoms with E-state index < -0.39 is 0 Å². The SMILES string of the molecule is CCCNC(Cc1ccsc1)c1c(Br)nnn1C. The van der Waals surface area contributed by atoms with Crippen LogP contribution in [0.5, 0.6) is 0 Å². The monoisotopic (exact) mass is 328 g/mol. The summed E-state index contributed by atoms with van der Waals surface area (Å²) >= 11 is 5.22. The molecule has 2 rings (SSSR count). The molecule has 0 aromatic carbocycles. The van der Waals surface area contributed by atoms with E-state index in [-0.39, 0.29) is 6.04 Å². The van der Waals surface area contributed by atoms with Crippen molar-refractivity contribution in [1.82, 2.24) is 20.3 Å². The Morgan fingerprint density at radius 1 is 1.56 bits per heavy atom. The molecule has 0 fully saturated rings. The fourth-order valence-corrected chi connectivity index (χ4v) is 3.22. The van der Waals surface area contributed by atoms with Crippen molar-refractivity contribution in [1.29, 1.82) is 0 Å². The van der Waals surface area contributed by atoms with E-state index in [1.807, 2.05) is 11.7 Å².